The molecule has 1 aromatic rings. The fourth-order valence-corrected chi connectivity index (χ4v) is 3.21. The first-order valence-electron chi connectivity index (χ1n) is 6.92. The van der Waals surface area contributed by atoms with Gasteiger partial charge in [-0.25, -0.2) is 4.90 Å². The second-order valence-electron chi connectivity index (χ2n) is 4.80. The minimum absolute atomic E-state index is 0.0222. The molecule has 0 bridgehead atoms. The van der Waals surface area contributed by atoms with E-state index < -0.39 is 16.5 Å². The summed E-state index contributed by atoms with van der Waals surface area (Å²) in [5, 5.41) is 7.53. The molecule has 0 spiro atoms. The number of nitrogens with zero attached hydrogens (tertiary/aromatic N) is 1. The monoisotopic (exact) mass is 323 g/mol. The van der Waals surface area contributed by atoms with Crippen molar-refractivity contribution in [3.8, 4) is 5.75 Å². The largest absolute Gasteiger partial charge is 0.494 e. The SMILES string of the molecule is CCOc1ccc(N2C(=O)CC(SC(C)C(=O)O)C2=O)cc1. The molecule has 1 aliphatic rings. The number of benzene rings is 1. The molecule has 0 aromatic heterocycles. The quantitative estimate of drug-likeness (QED) is 0.805. The van der Waals surface area contributed by atoms with E-state index in [0.29, 0.717) is 18.0 Å². The van der Waals surface area contributed by atoms with Gasteiger partial charge in [-0.15, -0.1) is 11.8 Å². The average molecular weight is 323 g/mol. The molecule has 0 radical (unpaired) electrons. The summed E-state index contributed by atoms with van der Waals surface area (Å²) in [5.74, 6) is -1.02. The number of hydrogen-bond donors (Lipinski definition) is 1. The molecule has 6 nitrogen and oxygen atoms in total. The third kappa shape index (κ3) is 3.41. The summed E-state index contributed by atoms with van der Waals surface area (Å²) in [6, 6.07) is 6.68. The molecule has 1 N–H and O–H groups in total. The zero-order valence-electron chi connectivity index (χ0n) is 12.3. The topological polar surface area (TPSA) is 83.9 Å². The van der Waals surface area contributed by atoms with Gasteiger partial charge in [0.15, 0.2) is 0 Å². The van der Waals surface area contributed by atoms with Crippen molar-refractivity contribution < 1.29 is 24.2 Å². The maximum absolute atomic E-state index is 12.3. The van der Waals surface area contributed by atoms with Crippen LogP contribution in [-0.4, -0.2) is 40.0 Å². The van der Waals surface area contributed by atoms with Crippen LogP contribution >= 0.6 is 11.8 Å². The third-order valence-electron chi connectivity index (χ3n) is 3.23. The molecule has 1 fully saturated rings. The number of anilines is 1. The fourth-order valence-electron chi connectivity index (χ4n) is 2.14. The Morgan fingerprint density at radius 1 is 1.41 bits per heavy atom. The highest BCUT2D eigenvalue weighted by molar-refractivity contribution is 8.01. The van der Waals surface area contributed by atoms with E-state index >= 15 is 0 Å². The van der Waals surface area contributed by atoms with Gasteiger partial charge in [0.1, 0.15) is 11.0 Å². The zero-order chi connectivity index (χ0) is 16.3. The summed E-state index contributed by atoms with van der Waals surface area (Å²) in [6.07, 6.45) is 0.0222. The summed E-state index contributed by atoms with van der Waals surface area (Å²) >= 11 is 1.00. The van der Waals surface area contributed by atoms with Gasteiger partial charge in [-0.2, -0.15) is 0 Å². The number of hydrogen-bond acceptors (Lipinski definition) is 5. The summed E-state index contributed by atoms with van der Waals surface area (Å²) in [5.41, 5.74) is 0.476. The van der Waals surface area contributed by atoms with Gasteiger partial charge < -0.3 is 9.84 Å². The number of carbonyl (C=O) groups is 3. The van der Waals surface area contributed by atoms with Crippen LogP contribution in [0.5, 0.6) is 5.75 Å². The average Bonchev–Trinajstić information content (AvgIpc) is 2.75. The summed E-state index contributed by atoms with van der Waals surface area (Å²) in [4.78, 5) is 36.4. The number of thioether (sulfide) groups is 1. The van der Waals surface area contributed by atoms with Crippen molar-refractivity contribution in [1.82, 2.24) is 0 Å². The van der Waals surface area contributed by atoms with Crippen molar-refractivity contribution in [2.75, 3.05) is 11.5 Å². The lowest BCUT2D eigenvalue weighted by Crippen LogP contribution is -2.31. The predicted molar refractivity (Wildman–Crippen MR) is 83.2 cm³/mol. The van der Waals surface area contributed by atoms with E-state index in [0.717, 1.165) is 16.7 Å². The Bertz CT molecular complexity index is 586. The Balaban J connectivity index is 2.13. The van der Waals surface area contributed by atoms with Crippen LogP contribution in [0, 0.1) is 0 Å². The molecule has 2 amide bonds. The Morgan fingerprint density at radius 2 is 2.05 bits per heavy atom. The van der Waals surface area contributed by atoms with Crippen molar-refractivity contribution in [3.63, 3.8) is 0 Å². The number of rotatable bonds is 6. The number of carboxylic acid groups (broad SMARTS) is 1. The Morgan fingerprint density at radius 3 is 2.59 bits per heavy atom. The van der Waals surface area contributed by atoms with E-state index in [9.17, 15) is 14.4 Å². The maximum Gasteiger partial charge on any atom is 0.316 e. The zero-order valence-corrected chi connectivity index (χ0v) is 13.1. The highest BCUT2D eigenvalue weighted by Gasteiger charge is 2.41. The molecule has 1 heterocycles. The van der Waals surface area contributed by atoms with Gasteiger partial charge in [-0.3, -0.25) is 14.4 Å². The highest BCUT2D eigenvalue weighted by atomic mass is 32.2. The van der Waals surface area contributed by atoms with Crippen molar-refractivity contribution in [2.45, 2.75) is 30.8 Å². The van der Waals surface area contributed by atoms with Gasteiger partial charge in [-0.05, 0) is 38.1 Å². The lowest BCUT2D eigenvalue weighted by molar-refractivity contribution is -0.136. The van der Waals surface area contributed by atoms with E-state index in [1.54, 1.807) is 24.3 Å². The molecule has 2 rings (SSSR count). The first-order valence-corrected chi connectivity index (χ1v) is 7.86. The van der Waals surface area contributed by atoms with E-state index in [4.69, 9.17) is 9.84 Å². The van der Waals surface area contributed by atoms with Crippen molar-refractivity contribution in [1.29, 1.82) is 0 Å². The van der Waals surface area contributed by atoms with Crippen molar-refractivity contribution in [2.24, 2.45) is 0 Å². The Labute approximate surface area is 132 Å². The van der Waals surface area contributed by atoms with Crippen LogP contribution in [-0.2, 0) is 14.4 Å². The summed E-state index contributed by atoms with van der Waals surface area (Å²) in [6.45, 7) is 3.91. The second-order valence-corrected chi connectivity index (χ2v) is 6.35. The van der Waals surface area contributed by atoms with Crippen LogP contribution in [0.3, 0.4) is 0 Å². The third-order valence-corrected chi connectivity index (χ3v) is 4.53. The summed E-state index contributed by atoms with van der Waals surface area (Å²) < 4.78 is 5.32. The van der Waals surface area contributed by atoms with Gasteiger partial charge in [0.2, 0.25) is 11.8 Å². The second kappa shape index (κ2) is 6.83. The number of ether oxygens (including phenoxy) is 1. The van der Waals surface area contributed by atoms with E-state index in [-0.39, 0.29) is 18.2 Å². The molecule has 1 aromatic carbocycles. The van der Waals surface area contributed by atoms with Crippen molar-refractivity contribution >= 4 is 35.2 Å². The van der Waals surface area contributed by atoms with Crippen LogP contribution in [0.1, 0.15) is 20.3 Å². The molecule has 22 heavy (non-hydrogen) atoms. The predicted octanol–water partition coefficient (Wildman–Crippen LogP) is 1.92. The van der Waals surface area contributed by atoms with Gasteiger partial charge in [0.25, 0.3) is 0 Å². The smallest absolute Gasteiger partial charge is 0.316 e. The number of carbonyl (C=O) groups excluding carboxylic acids is 2. The highest BCUT2D eigenvalue weighted by Crippen LogP contribution is 2.32. The van der Waals surface area contributed by atoms with Gasteiger partial charge >= 0.3 is 5.97 Å². The van der Waals surface area contributed by atoms with E-state index in [1.807, 2.05) is 6.92 Å². The molecule has 1 aliphatic heterocycles. The maximum atomic E-state index is 12.3. The Hall–Kier alpha value is -2.02. The van der Waals surface area contributed by atoms with Crippen LogP contribution in [0.2, 0.25) is 0 Å². The minimum atomic E-state index is -0.996. The molecular formula is C15H17NO5S. The van der Waals surface area contributed by atoms with Gasteiger partial charge in [0, 0.05) is 6.42 Å². The van der Waals surface area contributed by atoms with E-state index in [1.165, 1.54) is 6.92 Å². The van der Waals surface area contributed by atoms with Gasteiger partial charge in [-0.1, -0.05) is 0 Å². The van der Waals surface area contributed by atoms with Crippen LogP contribution < -0.4 is 9.64 Å². The molecule has 0 aliphatic carbocycles. The van der Waals surface area contributed by atoms with Crippen LogP contribution in [0.25, 0.3) is 0 Å². The minimum Gasteiger partial charge on any atom is -0.494 e. The van der Waals surface area contributed by atoms with Crippen LogP contribution in [0.4, 0.5) is 5.69 Å². The lowest BCUT2D eigenvalue weighted by atomic mass is 10.3. The molecule has 1 saturated heterocycles. The molecule has 2 atom stereocenters. The molecule has 7 heteroatoms. The standard InChI is InChI=1S/C15H17NO5S/c1-3-21-11-6-4-10(5-7-11)16-13(17)8-12(14(16)18)22-9(2)15(19)20/h4-7,9,12H,3,8H2,1-2H3,(H,19,20). The number of imide groups is 1. The number of carboxylic acids is 1. The van der Waals surface area contributed by atoms with E-state index in [2.05, 4.69) is 0 Å². The molecule has 2 unspecified atom stereocenters. The Kier molecular flexibility index (Phi) is 5.07. The summed E-state index contributed by atoms with van der Waals surface area (Å²) in [7, 11) is 0. The normalized spacial score (nSPS) is 19.4. The molecule has 118 valence electrons. The first kappa shape index (κ1) is 16.4. The first-order chi connectivity index (χ1) is 10.4. The van der Waals surface area contributed by atoms with Crippen molar-refractivity contribution in [3.05, 3.63) is 24.3 Å². The fraction of sp³-hybridized carbons (Fsp3) is 0.400. The van der Waals surface area contributed by atoms with Crippen LogP contribution in [0.15, 0.2) is 24.3 Å². The number of amides is 2. The molecular weight excluding hydrogens is 306 g/mol. The van der Waals surface area contributed by atoms with Gasteiger partial charge in [0.05, 0.1) is 17.5 Å². The number of aliphatic carboxylic acids is 1. The molecule has 0 saturated carbocycles. The lowest BCUT2D eigenvalue weighted by Gasteiger charge is -2.16.